The maximum Gasteiger partial charge on any atom is 0.407 e. The van der Waals surface area contributed by atoms with Crippen molar-refractivity contribution >= 4 is 17.5 Å². The SMILES string of the molecule is CC(C)(C)OC(=O)NC1CCN(c2cccc(F)c2[N+](=O)[O-])C1. The number of carbonyl (C=O) groups excluding carboxylic acids is 1. The van der Waals surface area contributed by atoms with Crippen molar-refractivity contribution in [1.29, 1.82) is 0 Å². The van der Waals surface area contributed by atoms with Crippen molar-refractivity contribution in [2.45, 2.75) is 38.8 Å². The summed E-state index contributed by atoms with van der Waals surface area (Å²) in [5.41, 5.74) is -0.905. The number of amides is 1. The summed E-state index contributed by atoms with van der Waals surface area (Å²) >= 11 is 0. The van der Waals surface area contributed by atoms with Gasteiger partial charge < -0.3 is 15.0 Å². The topological polar surface area (TPSA) is 84.7 Å². The minimum atomic E-state index is -0.865. The van der Waals surface area contributed by atoms with E-state index in [1.165, 1.54) is 12.1 Å². The van der Waals surface area contributed by atoms with E-state index in [4.69, 9.17) is 4.74 Å². The molecule has 0 aromatic heterocycles. The van der Waals surface area contributed by atoms with Gasteiger partial charge in [-0.2, -0.15) is 4.39 Å². The average molecular weight is 325 g/mol. The van der Waals surface area contributed by atoms with Crippen LogP contribution in [0.2, 0.25) is 0 Å². The number of anilines is 1. The number of para-hydroxylation sites is 1. The molecule has 1 aliphatic heterocycles. The van der Waals surface area contributed by atoms with E-state index in [2.05, 4.69) is 5.32 Å². The molecule has 0 aliphatic carbocycles. The van der Waals surface area contributed by atoms with E-state index >= 15 is 0 Å². The van der Waals surface area contributed by atoms with E-state index in [0.717, 1.165) is 6.07 Å². The lowest BCUT2D eigenvalue weighted by Crippen LogP contribution is -2.40. The van der Waals surface area contributed by atoms with Gasteiger partial charge in [0.25, 0.3) is 0 Å². The molecular weight excluding hydrogens is 305 g/mol. The second-order valence-corrected chi connectivity index (χ2v) is 6.44. The van der Waals surface area contributed by atoms with Crippen LogP contribution < -0.4 is 10.2 Å². The molecule has 1 saturated heterocycles. The molecule has 1 aromatic carbocycles. The molecule has 0 bridgehead atoms. The number of rotatable bonds is 3. The van der Waals surface area contributed by atoms with Crippen LogP contribution in [0.5, 0.6) is 0 Å². The predicted octanol–water partition coefficient (Wildman–Crippen LogP) is 2.84. The minimum Gasteiger partial charge on any atom is -0.444 e. The molecule has 7 nitrogen and oxygen atoms in total. The van der Waals surface area contributed by atoms with Crippen molar-refractivity contribution in [1.82, 2.24) is 5.32 Å². The van der Waals surface area contributed by atoms with Crippen molar-refractivity contribution in [3.05, 3.63) is 34.1 Å². The highest BCUT2D eigenvalue weighted by Gasteiger charge is 2.31. The fourth-order valence-electron chi connectivity index (χ4n) is 2.51. The lowest BCUT2D eigenvalue weighted by atomic mass is 10.2. The van der Waals surface area contributed by atoms with Gasteiger partial charge in [-0.3, -0.25) is 10.1 Å². The Labute approximate surface area is 133 Å². The first-order valence-electron chi connectivity index (χ1n) is 7.35. The zero-order valence-corrected chi connectivity index (χ0v) is 13.3. The van der Waals surface area contributed by atoms with Crippen molar-refractivity contribution in [3.8, 4) is 0 Å². The highest BCUT2D eigenvalue weighted by molar-refractivity contribution is 5.69. The Morgan fingerprint density at radius 2 is 2.17 bits per heavy atom. The Kier molecular flexibility index (Phi) is 4.72. The number of halogens is 1. The van der Waals surface area contributed by atoms with Gasteiger partial charge in [0.05, 0.1) is 11.0 Å². The molecule has 0 saturated carbocycles. The summed E-state index contributed by atoms with van der Waals surface area (Å²) in [5, 5.41) is 13.8. The van der Waals surface area contributed by atoms with Crippen molar-refractivity contribution in [3.63, 3.8) is 0 Å². The lowest BCUT2D eigenvalue weighted by Gasteiger charge is -2.22. The number of benzene rings is 1. The first-order chi connectivity index (χ1) is 10.7. The Hall–Kier alpha value is -2.38. The highest BCUT2D eigenvalue weighted by atomic mass is 19.1. The third kappa shape index (κ3) is 4.30. The van der Waals surface area contributed by atoms with Crippen molar-refractivity contribution < 1.29 is 18.8 Å². The zero-order chi connectivity index (χ0) is 17.2. The van der Waals surface area contributed by atoms with E-state index in [0.29, 0.717) is 19.5 Å². The first kappa shape index (κ1) is 17.0. The Balaban J connectivity index is 2.05. The summed E-state index contributed by atoms with van der Waals surface area (Å²) in [6.45, 7) is 6.16. The molecule has 126 valence electrons. The maximum absolute atomic E-state index is 13.7. The quantitative estimate of drug-likeness (QED) is 0.682. The second-order valence-electron chi connectivity index (χ2n) is 6.44. The van der Waals surface area contributed by atoms with Crippen LogP contribution in [-0.4, -0.2) is 35.7 Å². The number of carbonyl (C=O) groups is 1. The molecule has 1 unspecified atom stereocenters. The first-order valence-corrected chi connectivity index (χ1v) is 7.35. The van der Waals surface area contributed by atoms with E-state index in [1.807, 2.05) is 0 Å². The molecule has 1 amide bonds. The summed E-state index contributed by atoms with van der Waals surface area (Å²) < 4.78 is 18.9. The number of hydrogen-bond donors (Lipinski definition) is 1. The summed E-state index contributed by atoms with van der Waals surface area (Å²) in [7, 11) is 0. The van der Waals surface area contributed by atoms with Gasteiger partial charge >= 0.3 is 11.8 Å². The fourth-order valence-corrected chi connectivity index (χ4v) is 2.51. The molecule has 1 fully saturated rings. The van der Waals surface area contributed by atoms with Gasteiger partial charge in [0.2, 0.25) is 5.82 Å². The van der Waals surface area contributed by atoms with Gasteiger partial charge in [-0.05, 0) is 39.3 Å². The van der Waals surface area contributed by atoms with E-state index in [-0.39, 0.29) is 11.7 Å². The monoisotopic (exact) mass is 325 g/mol. The number of hydrogen-bond acceptors (Lipinski definition) is 5. The molecule has 23 heavy (non-hydrogen) atoms. The molecule has 1 aromatic rings. The Morgan fingerprint density at radius 1 is 1.48 bits per heavy atom. The predicted molar refractivity (Wildman–Crippen MR) is 83.0 cm³/mol. The smallest absolute Gasteiger partial charge is 0.407 e. The van der Waals surface area contributed by atoms with Crippen LogP contribution in [-0.2, 0) is 4.74 Å². The molecule has 2 rings (SSSR count). The number of nitrogens with zero attached hydrogens (tertiary/aromatic N) is 2. The minimum absolute atomic E-state index is 0.201. The van der Waals surface area contributed by atoms with E-state index in [9.17, 15) is 19.3 Å². The maximum atomic E-state index is 13.7. The van der Waals surface area contributed by atoms with Crippen LogP contribution in [0, 0.1) is 15.9 Å². The summed E-state index contributed by atoms with van der Waals surface area (Å²) in [6.07, 6.45) is 0.0745. The van der Waals surface area contributed by atoms with Crippen LogP contribution in [0.15, 0.2) is 18.2 Å². The van der Waals surface area contributed by atoms with Crippen LogP contribution in [0.1, 0.15) is 27.2 Å². The number of nitro benzene ring substituents is 1. The van der Waals surface area contributed by atoms with Crippen LogP contribution in [0.3, 0.4) is 0 Å². The van der Waals surface area contributed by atoms with E-state index < -0.39 is 28.1 Å². The third-order valence-electron chi connectivity index (χ3n) is 3.40. The average Bonchev–Trinajstić information content (AvgIpc) is 2.83. The molecule has 0 radical (unpaired) electrons. The third-order valence-corrected chi connectivity index (χ3v) is 3.40. The van der Waals surface area contributed by atoms with Gasteiger partial charge in [0.15, 0.2) is 0 Å². The normalized spacial score (nSPS) is 17.9. The van der Waals surface area contributed by atoms with Gasteiger partial charge in [-0.25, -0.2) is 4.79 Å². The van der Waals surface area contributed by atoms with Crippen molar-refractivity contribution in [2.75, 3.05) is 18.0 Å². The van der Waals surface area contributed by atoms with E-state index in [1.54, 1.807) is 25.7 Å². The molecular formula is C15H20FN3O4. The lowest BCUT2D eigenvalue weighted by molar-refractivity contribution is -0.386. The standard InChI is InChI=1S/C15H20FN3O4/c1-15(2,3)23-14(20)17-10-7-8-18(9-10)12-6-4-5-11(16)13(12)19(21)22/h4-6,10H,7-9H2,1-3H3,(H,17,20). The van der Waals surface area contributed by atoms with Crippen LogP contribution in [0.4, 0.5) is 20.6 Å². The Morgan fingerprint density at radius 3 is 2.78 bits per heavy atom. The zero-order valence-electron chi connectivity index (χ0n) is 13.3. The Bertz CT molecular complexity index is 615. The molecule has 1 atom stereocenters. The molecule has 1 aliphatic rings. The summed E-state index contributed by atoms with van der Waals surface area (Å²) in [6, 6.07) is 3.81. The van der Waals surface area contributed by atoms with Gasteiger partial charge in [0, 0.05) is 13.1 Å². The largest absolute Gasteiger partial charge is 0.444 e. The summed E-state index contributed by atoms with van der Waals surface area (Å²) in [4.78, 5) is 23.8. The van der Waals surface area contributed by atoms with Gasteiger partial charge in [-0.15, -0.1) is 0 Å². The van der Waals surface area contributed by atoms with Crippen LogP contribution in [0.25, 0.3) is 0 Å². The van der Waals surface area contributed by atoms with Crippen LogP contribution >= 0.6 is 0 Å². The highest BCUT2D eigenvalue weighted by Crippen LogP contribution is 2.32. The molecule has 8 heteroatoms. The number of ether oxygens (including phenoxy) is 1. The number of alkyl carbamates (subject to hydrolysis) is 1. The molecule has 1 N–H and O–H groups in total. The number of nitro groups is 1. The molecule has 1 heterocycles. The van der Waals surface area contributed by atoms with Gasteiger partial charge in [-0.1, -0.05) is 6.07 Å². The van der Waals surface area contributed by atoms with Gasteiger partial charge in [0.1, 0.15) is 11.3 Å². The molecule has 0 spiro atoms. The number of nitrogens with one attached hydrogen (secondary N) is 1. The van der Waals surface area contributed by atoms with Crippen molar-refractivity contribution in [2.24, 2.45) is 0 Å². The summed E-state index contributed by atoms with van der Waals surface area (Å²) in [5.74, 6) is -0.865. The second kappa shape index (κ2) is 6.39. The fraction of sp³-hybridized carbons (Fsp3) is 0.533.